The fourth-order valence-corrected chi connectivity index (χ4v) is 1.00. The van der Waals surface area contributed by atoms with E-state index in [9.17, 15) is 0 Å². The largest absolute Gasteiger partial charge is 0.609 e. The molecule has 0 fully saturated rings. The quantitative estimate of drug-likeness (QED) is 0.708. The van der Waals surface area contributed by atoms with Crippen LogP contribution in [0.2, 0.25) is 0 Å². The molecule has 0 saturated carbocycles. The van der Waals surface area contributed by atoms with Crippen LogP contribution in [0.25, 0.3) is 0 Å². The zero-order valence-corrected chi connectivity index (χ0v) is 7.04. The molecule has 0 aliphatic rings. The lowest BCUT2D eigenvalue weighted by Crippen LogP contribution is -1.80. The van der Waals surface area contributed by atoms with Crippen molar-refractivity contribution in [3.05, 3.63) is 30.3 Å². The Balaban J connectivity index is 2.58. The van der Waals surface area contributed by atoms with Crippen molar-refractivity contribution in [2.24, 2.45) is 0 Å². The van der Waals surface area contributed by atoms with Gasteiger partial charge in [0.25, 0.3) is 0 Å². The van der Waals surface area contributed by atoms with E-state index < -0.39 is 8.17 Å². The van der Waals surface area contributed by atoms with Crippen molar-refractivity contribution in [3.63, 3.8) is 0 Å². The highest BCUT2D eigenvalue weighted by molar-refractivity contribution is 7.35. The van der Waals surface area contributed by atoms with Crippen molar-refractivity contribution in [2.75, 3.05) is 7.11 Å². The molecular formula is C7H9NO2P+. The van der Waals surface area contributed by atoms with E-state index in [1.165, 1.54) is 7.11 Å². The van der Waals surface area contributed by atoms with E-state index in [-0.39, 0.29) is 0 Å². The first-order valence-electron chi connectivity index (χ1n) is 3.11. The zero-order valence-electron chi connectivity index (χ0n) is 6.15. The molecule has 3 nitrogen and oxygen atoms in total. The van der Waals surface area contributed by atoms with Crippen molar-refractivity contribution >= 4 is 8.17 Å². The Labute approximate surface area is 66.4 Å². The molecule has 58 valence electrons. The Bertz CT molecular complexity index is 237. The molecule has 1 rings (SSSR count). The van der Waals surface area contributed by atoms with Crippen LogP contribution in [-0.2, 0) is 4.52 Å². The Morgan fingerprint density at radius 1 is 1.27 bits per heavy atom. The second kappa shape index (κ2) is 4.06. The van der Waals surface area contributed by atoms with Gasteiger partial charge in [-0.25, -0.2) is 4.52 Å². The first-order valence-corrected chi connectivity index (χ1v) is 4.29. The molecule has 0 bridgehead atoms. The van der Waals surface area contributed by atoms with Crippen molar-refractivity contribution in [3.8, 4) is 5.75 Å². The second-order valence-electron chi connectivity index (χ2n) is 1.84. The number of para-hydroxylation sites is 1. The van der Waals surface area contributed by atoms with Gasteiger partial charge >= 0.3 is 8.17 Å². The standard InChI is InChI=1S/C7H9NO2P/c1-9-11(8)10-7-5-3-2-4-6-7/h2-6,8H,1H3/q+1. The molecule has 1 atom stereocenters. The number of nitrogens with one attached hydrogen (secondary N) is 1. The Kier molecular flexibility index (Phi) is 3.02. The van der Waals surface area contributed by atoms with Gasteiger partial charge in [-0.05, 0) is 12.1 Å². The SMILES string of the molecule is CO[P+](=N)Oc1ccccc1. The minimum absolute atomic E-state index is 0.676. The van der Waals surface area contributed by atoms with Crippen LogP contribution < -0.4 is 4.52 Å². The molecule has 0 spiro atoms. The minimum Gasteiger partial charge on any atom is -0.243 e. The topological polar surface area (TPSA) is 42.3 Å². The zero-order chi connectivity index (χ0) is 8.10. The fraction of sp³-hybridized carbons (Fsp3) is 0.143. The molecule has 1 N–H and O–H groups in total. The first-order chi connectivity index (χ1) is 5.33. The highest BCUT2D eigenvalue weighted by Crippen LogP contribution is 2.26. The first kappa shape index (κ1) is 8.18. The monoisotopic (exact) mass is 170 g/mol. The maximum atomic E-state index is 7.18. The van der Waals surface area contributed by atoms with Crippen LogP contribution in [0.5, 0.6) is 5.75 Å². The van der Waals surface area contributed by atoms with Crippen LogP contribution in [0.15, 0.2) is 30.3 Å². The van der Waals surface area contributed by atoms with E-state index >= 15 is 0 Å². The normalized spacial score (nSPS) is 10.8. The summed E-state index contributed by atoms with van der Waals surface area (Å²) in [7, 11) is -0.0447. The Hall–Kier alpha value is -0.920. The molecule has 0 radical (unpaired) electrons. The fourth-order valence-electron chi connectivity index (χ4n) is 0.614. The number of hydrogen-bond donors (Lipinski definition) is 1. The third-order valence-corrected chi connectivity index (χ3v) is 1.81. The molecule has 1 unspecified atom stereocenters. The number of benzene rings is 1. The Morgan fingerprint density at radius 3 is 2.45 bits per heavy atom. The van der Waals surface area contributed by atoms with E-state index in [2.05, 4.69) is 4.52 Å². The van der Waals surface area contributed by atoms with Crippen LogP contribution in [0.1, 0.15) is 0 Å². The molecule has 0 aliphatic heterocycles. The van der Waals surface area contributed by atoms with Gasteiger partial charge in [0.05, 0.1) is 7.11 Å². The third-order valence-electron chi connectivity index (χ3n) is 1.10. The maximum absolute atomic E-state index is 7.18. The summed E-state index contributed by atoms with van der Waals surface area (Å²) < 4.78 is 9.74. The summed E-state index contributed by atoms with van der Waals surface area (Å²) in [5.74, 6) is 0.676. The van der Waals surface area contributed by atoms with E-state index in [0.717, 1.165) is 0 Å². The third kappa shape index (κ3) is 2.66. The number of rotatable bonds is 3. The smallest absolute Gasteiger partial charge is 0.243 e. The Morgan fingerprint density at radius 2 is 1.91 bits per heavy atom. The van der Waals surface area contributed by atoms with Gasteiger partial charge in [0, 0.05) is 0 Å². The summed E-state index contributed by atoms with van der Waals surface area (Å²) in [6.45, 7) is 0. The van der Waals surface area contributed by atoms with Gasteiger partial charge in [0.2, 0.25) is 0 Å². The summed E-state index contributed by atoms with van der Waals surface area (Å²) in [5, 5.41) is 7.18. The van der Waals surface area contributed by atoms with E-state index in [0.29, 0.717) is 5.75 Å². The van der Waals surface area contributed by atoms with Crippen LogP contribution in [-0.4, -0.2) is 7.11 Å². The van der Waals surface area contributed by atoms with Gasteiger partial charge in [-0.2, -0.15) is 0 Å². The molecule has 11 heavy (non-hydrogen) atoms. The van der Waals surface area contributed by atoms with Crippen LogP contribution in [0, 0.1) is 5.16 Å². The lowest BCUT2D eigenvalue weighted by atomic mass is 10.3. The lowest BCUT2D eigenvalue weighted by molar-refractivity contribution is 0.403. The van der Waals surface area contributed by atoms with Gasteiger partial charge in [-0.1, -0.05) is 23.4 Å². The molecule has 0 amide bonds. The predicted molar refractivity (Wildman–Crippen MR) is 43.7 cm³/mol. The molecule has 1 aromatic carbocycles. The van der Waals surface area contributed by atoms with Gasteiger partial charge in [-0.15, -0.1) is 4.52 Å². The number of hydrogen-bond acceptors (Lipinski definition) is 3. The highest BCUT2D eigenvalue weighted by Gasteiger charge is 2.11. The predicted octanol–water partition coefficient (Wildman–Crippen LogP) is 2.79. The maximum Gasteiger partial charge on any atom is 0.609 e. The average molecular weight is 170 g/mol. The van der Waals surface area contributed by atoms with Crippen molar-refractivity contribution in [1.82, 2.24) is 0 Å². The van der Waals surface area contributed by atoms with E-state index in [4.69, 9.17) is 9.69 Å². The highest BCUT2D eigenvalue weighted by atomic mass is 31.1. The summed E-state index contributed by atoms with van der Waals surface area (Å²) in [4.78, 5) is 0. The van der Waals surface area contributed by atoms with E-state index in [1.807, 2.05) is 18.2 Å². The second-order valence-corrected chi connectivity index (χ2v) is 2.91. The molecule has 0 heterocycles. The van der Waals surface area contributed by atoms with E-state index in [1.54, 1.807) is 12.1 Å². The van der Waals surface area contributed by atoms with Crippen molar-refractivity contribution < 1.29 is 9.05 Å². The van der Waals surface area contributed by atoms with Gasteiger partial charge in [0.1, 0.15) is 0 Å². The lowest BCUT2D eigenvalue weighted by Gasteiger charge is -1.89. The molecule has 0 aliphatic carbocycles. The van der Waals surface area contributed by atoms with Gasteiger partial charge in [0.15, 0.2) is 5.75 Å². The minimum atomic E-state index is -1.50. The van der Waals surface area contributed by atoms with Crippen LogP contribution >= 0.6 is 8.17 Å². The molecule has 4 heteroatoms. The van der Waals surface area contributed by atoms with Crippen molar-refractivity contribution in [2.45, 2.75) is 0 Å². The molecule has 1 aromatic rings. The molecule has 0 saturated heterocycles. The van der Waals surface area contributed by atoms with Gasteiger partial charge < -0.3 is 0 Å². The van der Waals surface area contributed by atoms with Crippen LogP contribution in [0.3, 0.4) is 0 Å². The van der Waals surface area contributed by atoms with Crippen molar-refractivity contribution in [1.29, 1.82) is 5.16 Å². The average Bonchev–Trinajstić information content (AvgIpc) is 2.06. The van der Waals surface area contributed by atoms with Crippen LogP contribution in [0.4, 0.5) is 0 Å². The summed E-state index contributed by atoms with van der Waals surface area (Å²) >= 11 is 0. The summed E-state index contributed by atoms with van der Waals surface area (Å²) in [5.41, 5.74) is 0. The summed E-state index contributed by atoms with van der Waals surface area (Å²) in [6.07, 6.45) is 0. The molecule has 0 aromatic heterocycles. The summed E-state index contributed by atoms with van der Waals surface area (Å²) in [6, 6.07) is 9.19. The molecular weight excluding hydrogens is 161 g/mol. The van der Waals surface area contributed by atoms with Gasteiger partial charge in [-0.3, -0.25) is 0 Å².